The molecular formula is C8H11NO3. The molecule has 1 aliphatic heterocycles. The van der Waals surface area contributed by atoms with Crippen LogP contribution < -0.4 is 5.32 Å². The van der Waals surface area contributed by atoms with Crippen molar-refractivity contribution in [3.63, 3.8) is 0 Å². The van der Waals surface area contributed by atoms with Crippen LogP contribution in [0.15, 0.2) is 23.9 Å². The smallest absolute Gasteiger partial charge is 0.338 e. The van der Waals surface area contributed by atoms with Gasteiger partial charge >= 0.3 is 5.97 Å². The van der Waals surface area contributed by atoms with Crippen molar-refractivity contribution in [2.24, 2.45) is 0 Å². The lowest BCUT2D eigenvalue weighted by Gasteiger charge is -2.16. The number of aliphatic hydroxyl groups excluding tert-OH is 1. The first-order valence-corrected chi connectivity index (χ1v) is 3.73. The van der Waals surface area contributed by atoms with Crippen LogP contribution in [0.2, 0.25) is 0 Å². The first-order valence-electron chi connectivity index (χ1n) is 3.73. The minimum absolute atomic E-state index is 0.236. The summed E-state index contributed by atoms with van der Waals surface area (Å²) in [6.45, 7) is 2.03. The van der Waals surface area contributed by atoms with Gasteiger partial charge in [-0.1, -0.05) is 0 Å². The molecule has 0 saturated heterocycles. The number of esters is 1. The molecule has 0 aliphatic carbocycles. The van der Waals surface area contributed by atoms with Crippen LogP contribution in [0.25, 0.3) is 0 Å². The second-order valence-electron chi connectivity index (χ2n) is 2.27. The van der Waals surface area contributed by atoms with Gasteiger partial charge in [0.05, 0.1) is 12.2 Å². The summed E-state index contributed by atoms with van der Waals surface area (Å²) in [5.41, 5.74) is 0.236. The lowest BCUT2D eigenvalue weighted by atomic mass is 10.2. The third-order valence-corrected chi connectivity index (χ3v) is 1.43. The van der Waals surface area contributed by atoms with Crippen molar-refractivity contribution < 1.29 is 14.6 Å². The van der Waals surface area contributed by atoms with E-state index in [2.05, 4.69) is 5.32 Å². The van der Waals surface area contributed by atoms with E-state index in [-0.39, 0.29) is 5.57 Å². The standard InChI is InChI=1S/C8H11NO3/c1-2-12-8(11)6-4-3-5-9-7(6)10/h3-5,7,9-10H,2H2,1H3. The van der Waals surface area contributed by atoms with Crippen LogP contribution in [0.4, 0.5) is 0 Å². The molecule has 0 fully saturated rings. The van der Waals surface area contributed by atoms with Crippen LogP contribution in [0.1, 0.15) is 6.92 Å². The van der Waals surface area contributed by atoms with Crippen molar-refractivity contribution >= 4 is 5.97 Å². The predicted molar refractivity (Wildman–Crippen MR) is 43.0 cm³/mol. The van der Waals surface area contributed by atoms with Gasteiger partial charge in [0.2, 0.25) is 0 Å². The summed E-state index contributed by atoms with van der Waals surface area (Å²) >= 11 is 0. The number of ether oxygens (including phenoxy) is 1. The highest BCUT2D eigenvalue weighted by Crippen LogP contribution is 2.06. The fourth-order valence-corrected chi connectivity index (χ4v) is 0.874. The maximum Gasteiger partial charge on any atom is 0.338 e. The summed E-state index contributed by atoms with van der Waals surface area (Å²) in [5, 5.41) is 11.8. The Bertz CT molecular complexity index is 232. The number of carbonyl (C=O) groups is 1. The highest BCUT2D eigenvalue weighted by molar-refractivity contribution is 5.90. The minimum atomic E-state index is -0.950. The molecule has 2 N–H and O–H groups in total. The van der Waals surface area contributed by atoms with E-state index in [9.17, 15) is 9.90 Å². The molecule has 0 aromatic heterocycles. The normalized spacial score (nSPS) is 21.2. The molecule has 12 heavy (non-hydrogen) atoms. The number of aliphatic hydroxyl groups is 1. The van der Waals surface area contributed by atoms with Gasteiger partial charge in [0.25, 0.3) is 0 Å². The maximum atomic E-state index is 11.1. The minimum Gasteiger partial charge on any atom is -0.463 e. The Morgan fingerprint density at radius 1 is 1.83 bits per heavy atom. The third-order valence-electron chi connectivity index (χ3n) is 1.43. The van der Waals surface area contributed by atoms with Crippen LogP contribution >= 0.6 is 0 Å². The summed E-state index contributed by atoms with van der Waals surface area (Å²) in [7, 11) is 0. The molecule has 0 aromatic carbocycles. The second-order valence-corrected chi connectivity index (χ2v) is 2.27. The van der Waals surface area contributed by atoms with Gasteiger partial charge in [-0.25, -0.2) is 4.79 Å². The van der Waals surface area contributed by atoms with Gasteiger partial charge in [0, 0.05) is 0 Å². The van der Waals surface area contributed by atoms with Gasteiger partial charge in [-0.3, -0.25) is 0 Å². The van der Waals surface area contributed by atoms with Gasteiger partial charge in [-0.15, -0.1) is 0 Å². The van der Waals surface area contributed by atoms with Crippen LogP contribution in [0, 0.1) is 0 Å². The van der Waals surface area contributed by atoms with E-state index < -0.39 is 12.2 Å². The number of hydrogen-bond acceptors (Lipinski definition) is 4. The Labute approximate surface area is 70.5 Å². The molecule has 4 nitrogen and oxygen atoms in total. The Balaban J connectivity index is 2.65. The molecule has 1 rings (SSSR count). The molecular weight excluding hydrogens is 158 g/mol. The lowest BCUT2D eigenvalue weighted by molar-refractivity contribution is -0.139. The van der Waals surface area contributed by atoms with Gasteiger partial charge < -0.3 is 15.2 Å². The fraction of sp³-hybridized carbons (Fsp3) is 0.375. The topological polar surface area (TPSA) is 58.6 Å². The first-order chi connectivity index (χ1) is 5.75. The Kier molecular flexibility index (Phi) is 2.88. The molecule has 1 heterocycles. The molecule has 0 amide bonds. The summed E-state index contributed by atoms with van der Waals surface area (Å²) in [4.78, 5) is 11.1. The first kappa shape index (κ1) is 8.80. The van der Waals surface area contributed by atoms with E-state index in [0.717, 1.165) is 0 Å². The van der Waals surface area contributed by atoms with Crippen molar-refractivity contribution in [2.45, 2.75) is 13.2 Å². The molecule has 4 heteroatoms. The molecule has 1 aliphatic rings. The lowest BCUT2D eigenvalue weighted by Crippen LogP contribution is -2.32. The third kappa shape index (κ3) is 1.85. The predicted octanol–water partition coefficient (Wildman–Crippen LogP) is -0.0888. The highest BCUT2D eigenvalue weighted by atomic mass is 16.5. The summed E-state index contributed by atoms with van der Waals surface area (Å²) < 4.78 is 4.71. The number of allylic oxidation sites excluding steroid dienone is 2. The average molecular weight is 169 g/mol. The zero-order valence-electron chi connectivity index (χ0n) is 6.78. The zero-order chi connectivity index (χ0) is 8.97. The van der Waals surface area contributed by atoms with Crippen LogP contribution in [-0.4, -0.2) is 23.9 Å². The van der Waals surface area contributed by atoms with E-state index in [1.165, 1.54) is 6.08 Å². The SMILES string of the molecule is CCOC(=O)C1=CC=CNC1O. The molecule has 0 bridgehead atoms. The summed E-state index contributed by atoms with van der Waals surface area (Å²) in [5.74, 6) is -0.484. The van der Waals surface area contributed by atoms with E-state index >= 15 is 0 Å². The van der Waals surface area contributed by atoms with Crippen LogP contribution in [0.3, 0.4) is 0 Å². The number of carbonyl (C=O) groups excluding carboxylic acids is 1. The fourth-order valence-electron chi connectivity index (χ4n) is 0.874. The largest absolute Gasteiger partial charge is 0.463 e. The quantitative estimate of drug-likeness (QED) is 0.567. The van der Waals surface area contributed by atoms with Crippen LogP contribution in [0.5, 0.6) is 0 Å². The van der Waals surface area contributed by atoms with Crippen molar-refractivity contribution in [1.29, 1.82) is 0 Å². The number of rotatable bonds is 2. The van der Waals surface area contributed by atoms with E-state index in [1.54, 1.807) is 19.2 Å². The molecule has 66 valence electrons. The summed E-state index contributed by atoms with van der Waals surface area (Å²) in [6, 6.07) is 0. The number of dihydropyridines is 1. The molecule has 0 saturated carbocycles. The Hall–Kier alpha value is -1.29. The molecule has 1 unspecified atom stereocenters. The molecule has 0 spiro atoms. The summed E-state index contributed by atoms with van der Waals surface area (Å²) in [6.07, 6.45) is 3.78. The van der Waals surface area contributed by atoms with E-state index in [4.69, 9.17) is 4.74 Å². The van der Waals surface area contributed by atoms with Gasteiger partial charge in [-0.2, -0.15) is 0 Å². The second kappa shape index (κ2) is 3.92. The van der Waals surface area contributed by atoms with Crippen molar-refractivity contribution in [2.75, 3.05) is 6.61 Å². The number of nitrogens with one attached hydrogen (secondary N) is 1. The molecule has 1 atom stereocenters. The highest BCUT2D eigenvalue weighted by Gasteiger charge is 2.19. The van der Waals surface area contributed by atoms with E-state index in [0.29, 0.717) is 6.61 Å². The maximum absolute atomic E-state index is 11.1. The van der Waals surface area contributed by atoms with Crippen molar-refractivity contribution in [3.8, 4) is 0 Å². The van der Waals surface area contributed by atoms with Gasteiger partial charge in [0.15, 0.2) is 6.23 Å². The van der Waals surface area contributed by atoms with Crippen LogP contribution in [-0.2, 0) is 9.53 Å². The van der Waals surface area contributed by atoms with Crippen molar-refractivity contribution in [3.05, 3.63) is 23.9 Å². The Morgan fingerprint density at radius 3 is 3.17 bits per heavy atom. The molecule has 0 radical (unpaired) electrons. The average Bonchev–Trinajstić information content (AvgIpc) is 2.05. The van der Waals surface area contributed by atoms with Gasteiger partial charge in [-0.05, 0) is 25.3 Å². The van der Waals surface area contributed by atoms with E-state index in [1.807, 2.05) is 0 Å². The molecule has 0 aromatic rings. The van der Waals surface area contributed by atoms with Crippen molar-refractivity contribution in [1.82, 2.24) is 5.32 Å². The number of hydrogen-bond donors (Lipinski definition) is 2. The van der Waals surface area contributed by atoms with Gasteiger partial charge in [0.1, 0.15) is 0 Å². The monoisotopic (exact) mass is 169 g/mol. The Morgan fingerprint density at radius 2 is 2.58 bits per heavy atom. The zero-order valence-corrected chi connectivity index (χ0v) is 6.78.